The second-order valence-electron chi connectivity index (χ2n) is 3.64. The van der Waals surface area contributed by atoms with Crippen molar-refractivity contribution < 1.29 is 14.3 Å². The van der Waals surface area contributed by atoms with Crippen LogP contribution in [0.3, 0.4) is 0 Å². The summed E-state index contributed by atoms with van der Waals surface area (Å²) in [6, 6.07) is 6.91. The summed E-state index contributed by atoms with van der Waals surface area (Å²) in [5, 5.41) is 17.5. The zero-order valence-electron chi connectivity index (χ0n) is 10.9. The summed E-state index contributed by atoms with van der Waals surface area (Å²) in [6.45, 7) is 3.52. The van der Waals surface area contributed by atoms with Crippen LogP contribution in [0.15, 0.2) is 17.7 Å². The number of esters is 1. The van der Waals surface area contributed by atoms with Gasteiger partial charge in [0, 0.05) is 6.92 Å². The zero-order chi connectivity index (χ0) is 15.1. The van der Waals surface area contributed by atoms with Crippen molar-refractivity contribution in [1.82, 2.24) is 0 Å². The molecule has 0 spiro atoms. The maximum Gasteiger partial charge on any atom is 0.308 e. The number of carbonyl (C=O) groups is 1. The van der Waals surface area contributed by atoms with Crippen LogP contribution >= 0.6 is 22.6 Å². The number of benzene rings is 1. The third-order valence-electron chi connectivity index (χ3n) is 2.13. The Kier molecular flexibility index (Phi) is 6.01. The number of hydrogen-bond donors (Lipinski definition) is 0. The third-order valence-corrected chi connectivity index (χ3v) is 2.93. The summed E-state index contributed by atoms with van der Waals surface area (Å²) < 4.78 is 11.2. The summed E-state index contributed by atoms with van der Waals surface area (Å²) in [6.07, 6.45) is 1.45. The highest BCUT2D eigenvalue weighted by Crippen LogP contribution is 2.35. The van der Waals surface area contributed by atoms with E-state index >= 15 is 0 Å². The lowest BCUT2D eigenvalue weighted by Crippen LogP contribution is -2.06. The van der Waals surface area contributed by atoms with Crippen LogP contribution < -0.4 is 9.47 Å². The molecule has 0 N–H and O–H groups in total. The second-order valence-corrected chi connectivity index (χ2v) is 4.80. The molecule has 0 fully saturated rings. The van der Waals surface area contributed by atoms with Gasteiger partial charge in [-0.1, -0.05) is 0 Å². The van der Waals surface area contributed by atoms with Gasteiger partial charge in [-0.25, -0.2) is 0 Å². The second kappa shape index (κ2) is 7.51. The monoisotopic (exact) mass is 382 g/mol. The minimum atomic E-state index is -0.443. The van der Waals surface area contributed by atoms with Gasteiger partial charge in [-0.3, -0.25) is 4.79 Å². The molecule has 1 aromatic carbocycles. The van der Waals surface area contributed by atoms with Crippen LogP contribution in [0.5, 0.6) is 11.5 Å². The fourth-order valence-electron chi connectivity index (χ4n) is 1.43. The van der Waals surface area contributed by atoms with Crippen molar-refractivity contribution in [3.8, 4) is 23.6 Å². The van der Waals surface area contributed by atoms with Gasteiger partial charge in [0.05, 0.1) is 10.2 Å². The van der Waals surface area contributed by atoms with Gasteiger partial charge in [0.1, 0.15) is 17.7 Å². The predicted octanol–water partition coefficient (Wildman–Crippen LogP) is 3.05. The number of nitriles is 2. The molecule has 6 heteroatoms. The maximum absolute atomic E-state index is 11.1. The number of ether oxygens (including phenoxy) is 2. The summed E-state index contributed by atoms with van der Waals surface area (Å²) in [7, 11) is 0. The highest BCUT2D eigenvalue weighted by Gasteiger charge is 2.13. The Bertz CT molecular complexity index is 623. The lowest BCUT2D eigenvalue weighted by molar-refractivity contribution is -0.132. The van der Waals surface area contributed by atoms with E-state index in [1.54, 1.807) is 24.3 Å². The molecular weight excluding hydrogens is 371 g/mol. The fraction of sp³-hybridized carbons (Fsp3) is 0.214. The van der Waals surface area contributed by atoms with Crippen molar-refractivity contribution in [2.45, 2.75) is 13.8 Å². The molecule has 0 unspecified atom stereocenters. The van der Waals surface area contributed by atoms with Crippen LogP contribution in [0.1, 0.15) is 19.4 Å². The number of nitrogens with zero attached hydrogens (tertiary/aromatic N) is 2. The summed E-state index contributed by atoms with van der Waals surface area (Å²) >= 11 is 2.00. The van der Waals surface area contributed by atoms with Crippen molar-refractivity contribution >= 4 is 34.6 Å². The lowest BCUT2D eigenvalue weighted by Gasteiger charge is -2.12. The SMILES string of the molecule is CCOc1cc(C=C(C#N)C#N)cc(I)c1OC(C)=O. The molecule has 0 atom stereocenters. The number of allylic oxidation sites excluding steroid dienone is 1. The molecule has 1 aromatic rings. The number of hydrogen-bond acceptors (Lipinski definition) is 5. The van der Waals surface area contributed by atoms with Crippen molar-refractivity contribution in [2.75, 3.05) is 6.61 Å². The van der Waals surface area contributed by atoms with E-state index in [4.69, 9.17) is 20.0 Å². The standard InChI is InChI=1S/C14H11IN2O3/c1-3-19-13-6-10(4-11(7-16)8-17)5-12(15)14(13)20-9(2)18/h4-6H,3H2,1-2H3. The predicted molar refractivity (Wildman–Crippen MR) is 80.8 cm³/mol. The average molecular weight is 382 g/mol. The molecular formula is C14H11IN2O3. The van der Waals surface area contributed by atoms with Crippen LogP contribution in [0.25, 0.3) is 6.08 Å². The van der Waals surface area contributed by atoms with Gasteiger partial charge < -0.3 is 9.47 Å². The van der Waals surface area contributed by atoms with E-state index in [9.17, 15) is 4.79 Å². The van der Waals surface area contributed by atoms with E-state index in [-0.39, 0.29) is 5.57 Å². The van der Waals surface area contributed by atoms with Gasteiger partial charge in [0.2, 0.25) is 0 Å². The van der Waals surface area contributed by atoms with E-state index in [1.807, 2.05) is 29.5 Å². The van der Waals surface area contributed by atoms with Crippen LogP contribution in [0.4, 0.5) is 0 Å². The van der Waals surface area contributed by atoms with E-state index in [1.165, 1.54) is 13.0 Å². The minimum Gasteiger partial charge on any atom is -0.490 e. The average Bonchev–Trinajstić information content (AvgIpc) is 2.40. The number of carbonyl (C=O) groups excluding carboxylic acids is 1. The Balaban J connectivity index is 3.34. The smallest absolute Gasteiger partial charge is 0.308 e. The first kappa shape index (κ1) is 16.0. The topological polar surface area (TPSA) is 83.1 Å². The summed E-state index contributed by atoms with van der Waals surface area (Å²) in [5.74, 6) is 0.297. The largest absolute Gasteiger partial charge is 0.490 e. The first-order chi connectivity index (χ1) is 9.51. The van der Waals surface area contributed by atoms with Gasteiger partial charge in [-0.15, -0.1) is 0 Å². The van der Waals surface area contributed by atoms with Gasteiger partial charge in [-0.05, 0) is 53.3 Å². The molecule has 0 aliphatic carbocycles. The molecule has 0 aliphatic rings. The number of halogens is 1. The van der Waals surface area contributed by atoms with Crippen molar-refractivity contribution in [3.05, 3.63) is 26.8 Å². The van der Waals surface area contributed by atoms with Crippen molar-refractivity contribution in [2.24, 2.45) is 0 Å². The lowest BCUT2D eigenvalue weighted by atomic mass is 10.1. The van der Waals surface area contributed by atoms with E-state index in [0.29, 0.717) is 27.2 Å². The summed E-state index contributed by atoms with van der Waals surface area (Å²) in [5.41, 5.74) is 0.621. The molecule has 0 saturated carbocycles. The molecule has 0 bridgehead atoms. The maximum atomic E-state index is 11.1. The highest BCUT2D eigenvalue weighted by atomic mass is 127. The van der Waals surface area contributed by atoms with Crippen LogP contribution in [0.2, 0.25) is 0 Å². The quantitative estimate of drug-likeness (QED) is 0.346. The molecule has 0 heterocycles. The highest BCUT2D eigenvalue weighted by molar-refractivity contribution is 14.1. The first-order valence-electron chi connectivity index (χ1n) is 5.68. The fourth-order valence-corrected chi connectivity index (χ4v) is 2.17. The Morgan fingerprint density at radius 2 is 2.05 bits per heavy atom. The van der Waals surface area contributed by atoms with Crippen molar-refractivity contribution in [1.29, 1.82) is 10.5 Å². The molecule has 1 rings (SSSR count). The van der Waals surface area contributed by atoms with E-state index in [2.05, 4.69) is 0 Å². The van der Waals surface area contributed by atoms with Gasteiger partial charge in [0.25, 0.3) is 0 Å². The third kappa shape index (κ3) is 4.25. The minimum absolute atomic E-state index is 0.0107. The van der Waals surface area contributed by atoms with Gasteiger partial charge in [-0.2, -0.15) is 10.5 Å². The summed E-state index contributed by atoms with van der Waals surface area (Å²) in [4.78, 5) is 11.1. The number of rotatable bonds is 4. The molecule has 0 radical (unpaired) electrons. The van der Waals surface area contributed by atoms with Crippen LogP contribution in [-0.4, -0.2) is 12.6 Å². The van der Waals surface area contributed by atoms with E-state index in [0.717, 1.165) is 0 Å². The van der Waals surface area contributed by atoms with Gasteiger partial charge in [0.15, 0.2) is 11.5 Å². The van der Waals surface area contributed by atoms with Gasteiger partial charge >= 0.3 is 5.97 Å². The van der Waals surface area contributed by atoms with Crippen LogP contribution in [-0.2, 0) is 4.79 Å². The molecule has 0 saturated heterocycles. The Labute approximate surface area is 130 Å². The molecule has 102 valence electrons. The Morgan fingerprint density at radius 3 is 2.55 bits per heavy atom. The van der Waals surface area contributed by atoms with Crippen LogP contribution in [0, 0.1) is 26.2 Å². The molecule has 0 aliphatic heterocycles. The molecule has 5 nitrogen and oxygen atoms in total. The Morgan fingerprint density at radius 1 is 1.40 bits per heavy atom. The molecule has 0 amide bonds. The first-order valence-corrected chi connectivity index (χ1v) is 6.76. The normalized spacial score (nSPS) is 9.05. The molecule has 20 heavy (non-hydrogen) atoms. The molecule has 0 aromatic heterocycles. The Hall–Kier alpha value is -2.06. The zero-order valence-corrected chi connectivity index (χ0v) is 13.1. The van der Waals surface area contributed by atoms with Crippen molar-refractivity contribution in [3.63, 3.8) is 0 Å². The van der Waals surface area contributed by atoms with E-state index < -0.39 is 5.97 Å².